The number of ether oxygens (including phenoxy) is 1. The molecular formula is C23H26FN3O4. The molecule has 1 unspecified atom stereocenters. The molecule has 1 amide bonds. The lowest BCUT2D eigenvalue weighted by atomic mass is 9.87. The second-order valence-corrected chi connectivity index (χ2v) is 8.37. The molecule has 1 aromatic heterocycles. The van der Waals surface area contributed by atoms with Crippen molar-refractivity contribution in [1.82, 2.24) is 14.9 Å². The van der Waals surface area contributed by atoms with Gasteiger partial charge in [0.2, 0.25) is 0 Å². The molecule has 0 saturated carbocycles. The molecule has 8 heteroatoms. The van der Waals surface area contributed by atoms with E-state index in [0.29, 0.717) is 23.1 Å². The summed E-state index contributed by atoms with van der Waals surface area (Å²) in [5.41, 5.74) is -0.477. The van der Waals surface area contributed by atoms with E-state index in [4.69, 9.17) is 4.74 Å². The summed E-state index contributed by atoms with van der Waals surface area (Å²) in [6, 6.07) is 10.4. The van der Waals surface area contributed by atoms with Crippen molar-refractivity contribution in [2.24, 2.45) is 5.41 Å². The third-order valence-corrected chi connectivity index (χ3v) is 5.15. The number of rotatable bonds is 6. The minimum Gasteiger partial charge on any atom is -0.488 e. The number of aromatic nitrogens is 2. The minimum atomic E-state index is -0.738. The lowest BCUT2D eigenvalue weighted by Gasteiger charge is -2.31. The molecule has 0 aliphatic carbocycles. The van der Waals surface area contributed by atoms with Gasteiger partial charge in [0, 0.05) is 12.1 Å². The first-order valence-electron chi connectivity index (χ1n) is 10.1. The Balaban J connectivity index is 1.85. The Morgan fingerprint density at radius 2 is 1.90 bits per heavy atom. The summed E-state index contributed by atoms with van der Waals surface area (Å²) in [6.07, 6.45) is 0. The van der Waals surface area contributed by atoms with Gasteiger partial charge in [-0.25, -0.2) is 4.39 Å². The van der Waals surface area contributed by atoms with E-state index in [1.54, 1.807) is 31.2 Å². The average Bonchev–Trinajstić information content (AvgIpc) is 2.71. The molecule has 0 aliphatic rings. The van der Waals surface area contributed by atoms with E-state index in [0.717, 1.165) is 0 Å². The Kier molecular flexibility index (Phi) is 6.29. The van der Waals surface area contributed by atoms with Gasteiger partial charge in [-0.15, -0.1) is 0 Å². The van der Waals surface area contributed by atoms with E-state index in [2.05, 4.69) is 10.3 Å². The van der Waals surface area contributed by atoms with Gasteiger partial charge >= 0.3 is 11.1 Å². The zero-order valence-electron chi connectivity index (χ0n) is 18.0. The number of fused-ring (bicyclic) bond motifs is 1. The fourth-order valence-electron chi connectivity index (χ4n) is 3.22. The molecule has 3 rings (SSSR count). The number of aryl methyl sites for hydroxylation is 1. The van der Waals surface area contributed by atoms with Gasteiger partial charge in [-0.05, 0) is 42.7 Å². The maximum absolute atomic E-state index is 13.9. The van der Waals surface area contributed by atoms with Crippen LogP contribution >= 0.6 is 0 Å². The molecule has 164 valence electrons. The Labute approximate surface area is 178 Å². The number of H-pyrrole nitrogens is 1. The van der Waals surface area contributed by atoms with Crippen LogP contribution in [0.1, 0.15) is 38.1 Å². The van der Waals surface area contributed by atoms with Crippen molar-refractivity contribution in [2.45, 2.75) is 40.3 Å². The van der Waals surface area contributed by atoms with Gasteiger partial charge in [-0.2, -0.15) is 0 Å². The van der Waals surface area contributed by atoms with E-state index >= 15 is 0 Å². The predicted octanol–water partition coefficient (Wildman–Crippen LogP) is 3.07. The monoisotopic (exact) mass is 427 g/mol. The highest BCUT2D eigenvalue weighted by Gasteiger charge is 2.28. The Bertz CT molecular complexity index is 1220. The smallest absolute Gasteiger partial charge is 0.316 e. The Morgan fingerprint density at radius 3 is 2.55 bits per heavy atom. The topological polar surface area (TPSA) is 93.2 Å². The first-order valence-corrected chi connectivity index (χ1v) is 10.1. The van der Waals surface area contributed by atoms with Crippen LogP contribution in [-0.2, 0) is 6.54 Å². The number of benzene rings is 2. The van der Waals surface area contributed by atoms with Gasteiger partial charge in [-0.3, -0.25) is 14.4 Å². The highest BCUT2D eigenvalue weighted by Crippen LogP contribution is 2.23. The van der Waals surface area contributed by atoms with Crippen molar-refractivity contribution in [3.63, 3.8) is 0 Å². The summed E-state index contributed by atoms with van der Waals surface area (Å²) in [6.45, 7) is 8.02. The summed E-state index contributed by atoms with van der Waals surface area (Å²) in [7, 11) is 0. The van der Waals surface area contributed by atoms with Crippen LogP contribution in [-0.4, -0.2) is 28.1 Å². The minimum absolute atomic E-state index is 0.0793. The van der Waals surface area contributed by atoms with Gasteiger partial charge in [-0.1, -0.05) is 32.9 Å². The van der Waals surface area contributed by atoms with Crippen LogP contribution < -0.4 is 21.2 Å². The van der Waals surface area contributed by atoms with Crippen LogP contribution in [0.15, 0.2) is 52.1 Å². The zero-order valence-corrected chi connectivity index (χ0v) is 18.0. The van der Waals surface area contributed by atoms with Gasteiger partial charge in [0.1, 0.15) is 6.61 Å². The lowest BCUT2D eigenvalue weighted by molar-refractivity contribution is 0.0860. The van der Waals surface area contributed by atoms with E-state index in [-0.39, 0.29) is 23.7 Å². The Morgan fingerprint density at radius 1 is 1.19 bits per heavy atom. The number of nitrogens with zero attached hydrogens (tertiary/aromatic N) is 1. The standard InChI is InChI=1S/C23H26FN3O4/c1-5-27-17-11-10-14(12-16(17)25-21(29)22(27)30)20(28)26-19(23(2,3)4)13-31-18-9-7-6-8-15(18)24/h6-12,19H,5,13H2,1-4H3,(H,25,29)(H,26,28). The van der Waals surface area contributed by atoms with Gasteiger partial charge in [0.25, 0.3) is 5.91 Å². The number of carbonyl (C=O) groups is 1. The molecule has 7 nitrogen and oxygen atoms in total. The van der Waals surface area contributed by atoms with E-state index in [1.807, 2.05) is 20.8 Å². The molecule has 1 atom stereocenters. The van der Waals surface area contributed by atoms with Gasteiger partial charge in [0.05, 0.1) is 17.1 Å². The molecule has 0 bridgehead atoms. The Hall–Kier alpha value is -3.42. The molecule has 3 aromatic rings. The maximum atomic E-state index is 13.9. The molecule has 0 radical (unpaired) electrons. The number of para-hydroxylation sites is 1. The summed E-state index contributed by atoms with van der Waals surface area (Å²) in [5, 5.41) is 2.94. The summed E-state index contributed by atoms with van der Waals surface area (Å²) in [4.78, 5) is 39.4. The highest BCUT2D eigenvalue weighted by atomic mass is 19.1. The van der Waals surface area contributed by atoms with Crippen molar-refractivity contribution >= 4 is 16.9 Å². The quantitative estimate of drug-likeness (QED) is 0.592. The summed E-state index contributed by atoms with van der Waals surface area (Å²) < 4.78 is 20.8. The first-order chi connectivity index (χ1) is 14.6. The van der Waals surface area contributed by atoms with E-state index in [1.165, 1.54) is 22.8 Å². The second-order valence-electron chi connectivity index (χ2n) is 8.37. The van der Waals surface area contributed by atoms with Crippen molar-refractivity contribution in [3.8, 4) is 5.75 Å². The molecule has 31 heavy (non-hydrogen) atoms. The first kappa shape index (κ1) is 22.3. The lowest BCUT2D eigenvalue weighted by Crippen LogP contribution is -2.47. The number of hydrogen-bond acceptors (Lipinski definition) is 4. The molecule has 0 spiro atoms. The third kappa shape index (κ3) is 4.84. The van der Waals surface area contributed by atoms with Gasteiger partial charge < -0.3 is 19.6 Å². The fraction of sp³-hybridized carbons (Fsp3) is 0.348. The average molecular weight is 427 g/mol. The number of halogens is 1. The van der Waals surface area contributed by atoms with Gasteiger partial charge in [0.15, 0.2) is 11.6 Å². The van der Waals surface area contributed by atoms with Crippen LogP contribution in [0.2, 0.25) is 0 Å². The van der Waals surface area contributed by atoms with Crippen molar-refractivity contribution < 1.29 is 13.9 Å². The molecular weight excluding hydrogens is 401 g/mol. The van der Waals surface area contributed by atoms with Crippen molar-refractivity contribution in [1.29, 1.82) is 0 Å². The number of hydrogen-bond donors (Lipinski definition) is 2. The van der Waals surface area contributed by atoms with Crippen LogP contribution in [0, 0.1) is 11.2 Å². The normalized spacial score (nSPS) is 12.5. The summed E-state index contributed by atoms with van der Waals surface area (Å²) in [5.74, 6) is -0.720. The van der Waals surface area contributed by atoms with E-state index in [9.17, 15) is 18.8 Å². The molecule has 2 N–H and O–H groups in total. The van der Waals surface area contributed by atoms with E-state index < -0.39 is 23.0 Å². The van der Waals surface area contributed by atoms with Crippen molar-refractivity contribution in [2.75, 3.05) is 6.61 Å². The van der Waals surface area contributed by atoms with Crippen molar-refractivity contribution in [3.05, 3.63) is 74.6 Å². The molecule has 1 heterocycles. The molecule has 2 aromatic carbocycles. The molecule has 0 aliphatic heterocycles. The summed E-state index contributed by atoms with van der Waals surface area (Å²) >= 11 is 0. The number of carbonyl (C=O) groups excluding carboxylic acids is 1. The highest BCUT2D eigenvalue weighted by molar-refractivity contribution is 5.97. The zero-order chi connectivity index (χ0) is 22.8. The SMILES string of the molecule is CCn1c(=O)c(=O)[nH]c2cc(C(=O)NC(COc3ccccc3F)C(C)(C)C)ccc21. The number of amides is 1. The molecule has 0 fully saturated rings. The largest absolute Gasteiger partial charge is 0.488 e. The predicted molar refractivity (Wildman–Crippen MR) is 117 cm³/mol. The maximum Gasteiger partial charge on any atom is 0.316 e. The van der Waals surface area contributed by atoms with Crippen LogP contribution in [0.5, 0.6) is 5.75 Å². The molecule has 0 saturated heterocycles. The van der Waals surface area contributed by atoms with Crippen LogP contribution in [0.3, 0.4) is 0 Å². The second kappa shape index (κ2) is 8.75. The fourth-order valence-corrected chi connectivity index (χ4v) is 3.22. The number of aromatic amines is 1. The van der Waals surface area contributed by atoms with Crippen LogP contribution in [0.25, 0.3) is 11.0 Å². The number of nitrogens with one attached hydrogen (secondary N) is 2. The third-order valence-electron chi connectivity index (χ3n) is 5.15. The van der Waals surface area contributed by atoms with Crippen LogP contribution in [0.4, 0.5) is 4.39 Å².